The summed E-state index contributed by atoms with van der Waals surface area (Å²) in [5.74, 6) is -0.509. The Bertz CT molecular complexity index is 2390. The largest absolute Gasteiger partial charge is 0.360 e. The predicted molar refractivity (Wildman–Crippen MR) is 185 cm³/mol. The molecular formula is C40H31N3O4. The fourth-order valence-corrected chi connectivity index (χ4v) is 5.52. The molecule has 0 saturated heterocycles. The Morgan fingerprint density at radius 1 is 0.660 bits per heavy atom. The van der Waals surface area contributed by atoms with Gasteiger partial charge in [-0.15, -0.1) is 0 Å². The lowest BCUT2D eigenvalue weighted by atomic mass is 10.0. The Hall–Kier alpha value is -6.21. The zero-order valence-electron chi connectivity index (χ0n) is 25.9. The van der Waals surface area contributed by atoms with Crippen molar-refractivity contribution in [3.63, 3.8) is 0 Å². The summed E-state index contributed by atoms with van der Waals surface area (Å²) >= 11 is 0. The Morgan fingerprint density at radius 2 is 1.26 bits per heavy atom. The first-order valence-corrected chi connectivity index (χ1v) is 15.2. The summed E-state index contributed by atoms with van der Waals surface area (Å²) in [6.07, 6.45) is 4.89. The van der Waals surface area contributed by atoms with Crippen molar-refractivity contribution < 1.29 is 9.59 Å². The zero-order valence-corrected chi connectivity index (χ0v) is 25.9. The molecule has 7 rings (SSSR count). The van der Waals surface area contributed by atoms with Gasteiger partial charge in [0.2, 0.25) is 10.9 Å². The number of hydrogen-bond acceptors (Lipinski definition) is 5. The number of aromatic amines is 1. The summed E-state index contributed by atoms with van der Waals surface area (Å²) in [7, 11) is 0. The third-order valence-corrected chi connectivity index (χ3v) is 7.88. The number of benzene rings is 4. The number of pyridine rings is 3. The van der Waals surface area contributed by atoms with Gasteiger partial charge in [-0.2, -0.15) is 0 Å². The predicted octanol–water partition coefficient (Wildman–Crippen LogP) is 7.05. The molecule has 0 aliphatic heterocycles. The van der Waals surface area contributed by atoms with Gasteiger partial charge in [-0.05, 0) is 62.4 Å². The lowest BCUT2D eigenvalue weighted by molar-refractivity contribution is 0.102. The number of nitrogens with one attached hydrogen (secondary N) is 1. The highest BCUT2D eigenvalue weighted by molar-refractivity contribution is 6.11. The maximum Gasteiger partial charge on any atom is 0.200 e. The molecule has 0 radical (unpaired) electrons. The fourth-order valence-electron chi connectivity index (χ4n) is 5.52. The lowest BCUT2D eigenvalue weighted by Gasteiger charge is -2.13. The molecule has 0 amide bonds. The van der Waals surface area contributed by atoms with Gasteiger partial charge in [0.05, 0.1) is 28.9 Å². The molecular weight excluding hydrogens is 586 g/mol. The van der Waals surface area contributed by atoms with Gasteiger partial charge in [-0.3, -0.25) is 24.2 Å². The van der Waals surface area contributed by atoms with Crippen molar-refractivity contribution in [2.24, 2.45) is 0 Å². The van der Waals surface area contributed by atoms with Crippen LogP contribution in [0.4, 0.5) is 0 Å². The summed E-state index contributed by atoms with van der Waals surface area (Å²) in [6, 6.07) is 34.8. The van der Waals surface area contributed by atoms with Crippen molar-refractivity contribution in [2.75, 3.05) is 0 Å². The van der Waals surface area contributed by atoms with Gasteiger partial charge in [0, 0.05) is 46.0 Å². The Labute approximate surface area is 270 Å². The number of fused-ring (bicyclic) bond motifs is 2. The number of rotatable bonds is 6. The van der Waals surface area contributed by atoms with Crippen LogP contribution in [0.3, 0.4) is 0 Å². The average molecular weight is 618 g/mol. The maximum absolute atomic E-state index is 13.0. The minimum atomic E-state index is -0.260. The van der Waals surface area contributed by atoms with Gasteiger partial charge in [0.1, 0.15) is 0 Å². The van der Waals surface area contributed by atoms with Crippen molar-refractivity contribution in [1.82, 2.24) is 14.5 Å². The Kier molecular flexibility index (Phi) is 8.80. The molecule has 0 bridgehead atoms. The molecule has 0 unspecified atom stereocenters. The number of carbonyl (C=O) groups is 2. The summed E-state index contributed by atoms with van der Waals surface area (Å²) < 4.78 is 1.92. The molecule has 0 atom stereocenters. The third kappa shape index (κ3) is 6.60. The van der Waals surface area contributed by atoms with Crippen LogP contribution in [-0.4, -0.2) is 26.1 Å². The monoisotopic (exact) mass is 617 g/mol. The quantitative estimate of drug-likeness (QED) is 0.202. The molecule has 47 heavy (non-hydrogen) atoms. The zero-order chi connectivity index (χ0) is 32.9. The molecule has 7 heteroatoms. The van der Waals surface area contributed by atoms with Gasteiger partial charge in [-0.25, -0.2) is 0 Å². The number of carbonyl (C=O) groups excluding carboxylic acids is 2. The highest BCUT2D eigenvalue weighted by atomic mass is 16.1. The molecule has 0 spiro atoms. The molecule has 3 heterocycles. The molecule has 7 nitrogen and oxygen atoms in total. The minimum absolute atomic E-state index is 0.175. The van der Waals surface area contributed by atoms with Crippen LogP contribution in [0.15, 0.2) is 143 Å². The summed E-state index contributed by atoms with van der Waals surface area (Å²) in [5.41, 5.74) is 5.29. The second-order valence-electron chi connectivity index (χ2n) is 11.3. The van der Waals surface area contributed by atoms with E-state index < -0.39 is 0 Å². The normalized spacial score (nSPS) is 10.8. The van der Waals surface area contributed by atoms with E-state index in [1.807, 2.05) is 91.2 Å². The van der Waals surface area contributed by atoms with Gasteiger partial charge >= 0.3 is 0 Å². The highest BCUT2D eigenvalue weighted by Crippen LogP contribution is 2.17. The van der Waals surface area contributed by atoms with Crippen molar-refractivity contribution in [2.45, 2.75) is 20.4 Å². The van der Waals surface area contributed by atoms with E-state index in [1.165, 1.54) is 6.20 Å². The van der Waals surface area contributed by atoms with Crippen molar-refractivity contribution >= 4 is 33.4 Å². The molecule has 1 N–H and O–H groups in total. The molecule has 0 fully saturated rings. The Morgan fingerprint density at radius 3 is 1.91 bits per heavy atom. The van der Waals surface area contributed by atoms with Crippen LogP contribution in [0.25, 0.3) is 21.8 Å². The molecule has 3 aromatic heterocycles. The van der Waals surface area contributed by atoms with E-state index in [1.54, 1.807) is 54.9 Å². The van der Waals surface area contributed by atoms with Crippen molar-refractivity contribution in [3.8, 4) is 0 Å². The van der Waals surface area contributed by atoms with E-state index in [-0.39, 0.29) is 33.6 Å². The maximum atomic E-state index is 13.0. The lowest BCUT2D eigenvalue weighted by Crippen LogP contribution is -2.20. The van der Waals surface area contributed by atoms with Gasteiger partial charge < -0.3 is 9.55 Å². The number of hydrogen-bond donors (Lipinski definition) is 1. The van der Waals surface area contributed by atoms with Gasteiger partial charge in [0.25, 0.3) is 0 Å². The number of nitrogens with zero attached hydrogens (tertiary/aromatic N) is 2. The molecule has 4 aromatic carbocycles. The smallest absolute Gasteiger partial charge is 0.200 e. The van der Waals surface area contributed by atoms with Crippen molar-refractivity contribution in [1.29, 1.82) is 0 Å². The van der Waals surface area contributed by atoms with E-state index in [0.29, 0.717) is 28.4 Å². The van der Waals surface area contributed by atoms with Crippen LogP contribution in [0.1, 0.15) is 48.7 Å². The van der Waals surface area contributed by atoms with E-state index in [0.717, 1.165) is 27.9 Å². The second-order valence-corrected chi connectivity index (χ2v) is 11.3. The van der Waals surface area contributed by atoms with Crippen LogP contribution in [0.5, 0.6) is 0 Å². The first kappa shape index (κ1) is 30.8. The molecule has 230 valence electrons. The van der Waals surface area contributed by atoms with Gasteiger partial charge in [0.15, 0.2) is 11.6 Å². The molecule has 7 aromatic rings. The van der Waals surface area contributed by atoms with Crippen LogP contribution in [0, 0.1) is 13.8 Å². The number of H-pyrrole nitrogens is 1. The van der Waals surface area contributed by atoms with E-state index in [4.69, 9.17) is 0 Å². The van der Waals surface area contributed by atoms with Crippen LogP contribution in [-0.2, 0) is 6.54 Å². The number of ketones is 2. The summed E-state index contributed by atoms with van der Waals surface area (Å²) in [5, 5.41) is 1.07. The molecule has 0 aliphatic rings. The number of aromatic nitrogens is 3. The van der Waals surface area contributed by atoms with Crippen LogP contribution < -0.4 is 10.9 Å². The average Bonchev–Trinajstić information content (AvgIpc) is 3.10. The molecule has 0 aliphatic carbocycles. The highest BCUT2D eigenvalue weighted by Gasteiger charge is 2.18. The number of aryl methyl sites for hydroxylation is 2. The molecule has 0 saturated carbocycles. The van der Waals surface area contributed by atoms with E-state index in [2.05, 4.69) is 9.97 Å². The van der Waals surface area contributed by atoms with E-state index >= 15 is 0 Å². The van der Waals surface area contributed by atoms with Crippen LogP contribution >= 0.6 is 0 Å². The Balaban J connectivity index is 0.000000172. The minimum Gasteiger partial charge on any atom is -0.360 e. The first-order chi connectivity index (χ1) is 22.8. The van der Waals surface area contributed by atoms with Crippen LogP contribution in [0.2, 0.25) is 0 Å². The number of para-hydroxylation sites is 2. The van der Waals surface area contributed by atoms with E-state index in [9.17, 15) is 19.2 Å². The second kappa shape index (κ2) is 13.4. The fraction of sp³-hybridized carbons (Fsp3) is 0.0750. The topological polar surface area (TPSA) is 102 Å². The first-order valence-electron chi connectivity index (χ1n) is 15.2. The standard InChI is InChI=1S/C23H18N2O2.C17H13NO2/c1-16-7-6-8-17(13-16)22(26)20-15-25(14-18-9-4-5-12-24-18)21-11-3-2-10-19(21)23(20)27;1-11-5-4-6-12(9-11)16(19)14-10-18-15-8-3-2-7-13(15)17(14)20/h2-13,15H,14H2,1H3;2-10H,1H3,(H,18,20). The summed E-state index contributed by atoms with van der Waals surface area (Å²) in [6.45, 7) is 4.33. The van der Waals surface area contributed by atoms with Crippen molar-refractivity contribution in [3.05, 3.63) is 193 Å². The third-order valence-electron chi connectivity index (χ3n) is 7.88. The summed E-state index contributed by atoms with van der Waals surface area (Å²) in [4.78, 5) is 58.2. The van der Waals surface area contributed by atoms with Gasteiger partial charge in [-0.1, -0.05) is 77.9 Å². The SMILES string of the molecule is Cc1cccc(C(=O)c2c[nH]c3ccccc3c2=O)c1.Cc1cccc(C(=O)c2cn(Cc3ccccn3)c3ccccc3c2=O)c1.